The Kier molecular flexibility index (Phi) is 4.49. The van der Waals surface area contributed by atoms with Gasteiger partial charge in [-0.25, -0.2) is 4.98 Å². The zero-order chi connectivity index (χ0) is 17.9. The molecule has 1 atom stereocenters. The molecule has 0 saturated carbocycles. The van der Waals surface area contributed by atoms with E-state index in [9.17, 15) is 0 Å². The minimum atomic E-state index is 0.137. The summed E-state index contributed by atoms with van der Waals surface area (Å²) in [7, 11) is 2.01. The zero-order valence-corrected chi connectivity index (χ0v) is 14.6. The molecule has 134 valence electrons. The van der Waals surface area contributed by atoms with Crippen LogP contribution in [0.15, 0.2) is 41.3 Å². The third kappa shape index (κ3) is 3.36. The number of hydrogen-bond donors (Lipinski definition) is 0. The number of fused-ring (bicyclic) bond motifs is 1. The summed E-state index contributed by atoms with van der Waals surface area (Å²) in [5, 5.41) is 3.98. The first-order chi connectivity index (χ1) is 12.7. The van der Waals surface area contributed by atoms with Gasteiger partial charge in [0.2, 0.25) is 11.7 Å². The Bertz CT molecular complexity index is 884. The van der Waals surface area contributed by atoms with Crippen molar-refractivity contribution in [3.63, 3.8) is 0 Å². The van der Waals surface area contributed by atoms with Crippen LogP contribution in [0.5, 0.6) is 11.5 Å². The second-order valence-corrected chi connectivity index (χ2v) is 6.10. The van der Waals surface area contributed by atoms with E-state index in [1.54, 1.807) is 18.6 Å². The average Bonchev–Trinajstić information content (AvgIpc) is 3.16. The number of ether oxygens (including phenoxy) is 2. The Balaban J connectivity index is 1.46. The van der Waals surface area contributed by atoms with Gasteiger partial charge in [-0.1, -0.05) is 11.2 Å². The molecule has 0 fully saturated rings. The van der Waals surface area contributed by atoms with Crippen LogP contribution in [0.3, 0.4) is 0 Å². The van der Waals surface area contributed by atoms with Crippen molar-refractivity contribution in [1.82, 2.24) is 25.0 Å². The predicted octanol–water partition coefficient (Wildman–Crippen LogP) is 2.49. The topological polar surface area (TPSA) is 86.4 Å². The number of hydrogen-bond acceptors (Lipinski definition) is 8. The summed E-state index contributed by atoms with van der Waals surface area (Å²) in [5.41, 5.74) is 1.72. The molecular formula is C18H19N5O3. The van der Waals surface area contributed by atoms with Gasteiger partial charge in [0, 0.05) is 18.4 Å². The number of nitrogens with zero attached hydrogens (tertiary/aromatic N) is 5. The van der Waals surface area contributed by atoms with E-state index in [-0.39, 0.29) is 6.04 Å². The van der Waals surface area contributed by atoms with Crippen LogP contribution in [0, 0.1) is 0 Å². The van der Waals surface area contributed by atoms with Crippen molar-refractivity contribution in [3.05, 3.63) is 48.2 Å². The molecule has 4 rings (SSSR count). The molecule has 8 heteroatoms. The molecule has 0 radical (unpaired) electrons. The molecule has 0 saturated heterocycles. The molecule has 1 unspecified atom stereocenters. The highest BCUT2D eigenvalue weighted by atomic mass is 16.6. The second kappa shape index (κ2) is 7.09. The van der Waals surface area contributed by atoms with Crippen molar-refractivity contribution in [1.29, 1.82) is 0 Å². The van der Waals surface area contributed by atoms with E-state index in [1.807, 2.05) is 25.2 Å². The predicted molar refractivity (Wildman–Crippen MR) is 92.6 cm³/mol. The van der Waals surface area contributed by atoms with Gasteiger partial charge < -0.3 is 14.0 Å². The van der Waals surface area contributed by atoms with E-state index in [0.29, 0.717) is 37.2 Å². The summed E-state index contributed by atoms with van der Waals surface area (Å²) in [6.45, 7) is 3.80. The standard InChI is InChI=1S/C18H19N5O3/c1-12(13-3-4-15-16(9-13)25-8-7-24-15)23(2)11-17-21-18(22-26-17)14-10-19-5-6-20-14/h3-6,9-10,12H,7-8,11H2,1-2H3. The van der Waals surface area contributed by atoms with Crippen LogP contribution >= 0.6 is 0 Å². The molecule has 26 heavy (non-hydrogen) atoms. The van der Waals surface area contributed by atoms with Crippen molar-refractivity contribution >= 4 is 0 Å². The van der Waals surface area contributed by atoms with Crippen molar-refractivity contribution in [2.24, 2.45) is 0 Å². The second-order valence-electron chi connectivity index (χ2n) is 6.10. The number of benzene rings is 1. The molecule has 0 N–H and O–H groups in total. The lowest BCUT2D eigenvalue weighted by Gasteiger charge is -2.25. The third-order valence-electron chi connectivity index (χ3n) is 4.35. The summed E-state index contributed by atoms with van der Waals surface area (Å²) >= 11 is 0. The van der Waals surface area contributed by atoms with E-state index in [1.165, 1.54) is 0 Å². The fourth-order valence-corrected chi connectivity index (χ4v) is 2.76. The van der Waals surface area contributed by atoms with Crippen LogP contribution in [0.2, 0.25) is 0 Å². The monoisotopic (exact) mass is 353 g/mol. The van der Waals surface area contributed by atoms with Gasteiger partial charge in [0.05, 0.1) is 12.7 Å². The van der Waals surface area contributed by atoms with E-state index in [2.05, 4.69) is 31.9 Å². The fourth-order valence-electron chi connectivity index (χ4n) is 2.76. The lowest BCUT2D eigenvalue weighted by Crippen LogP contribution is -2.22. The Labute approximate surface area is 150 Å². The molecule has 0 amide bonds. The first-order valence-corrected chi connectivity index (χ1v) is 8.39. The highest BCUT2D eigenvalue weighted by molar-refractivity contribution is 5.45. The van der Waals surface area contributed by atoms with E-state index < -0.39 is 0 Å². The molecule has 8 nitrogen and oxygen atoms in total. The van der Waals surface area contributed by atoms with Gasteiger partial charge in [-0.15, -0.1) is 0 Å². The molecular weight excluding hydrogens is 334 g/mol. The highest BCUT2D eigenvalue weighted by Gasteiger charge is 2.19. The van der Waals surface area contributed by atoms with Gasteiger partial charge in [0.1, 0.15) is 18.9 Å². The maximum Gasteiger partial charge on any atom is 0.241 e. The molecule has 0 spiro atoms. The average molecular weight is 353 g/mol. The van der Waals surface area contributed by atoms with Gasteiger partial charge >= 0.3 is 0 Å². The van der Waals surface area contributed by atoms with Crippen LogP contribution in [0.1, 0.15) is 24.4 Å². The summed E-state index contributed by atoms with van der Waals surface area (Å²) in [5.74, 6) is 2.54. The van der Waals surface area contributed by atoms with Gasteiger partial charge in [-0.3, -0.25) is 9.88 Å². The maximum atomic E-state index is 5.67. The first-order valence-electron chi connectivity index (χ1n) is 8.39. The molecule has 3 heterocycles. The molecule has 3 aromatic rings. The van der Waals surface area contributed by atoms with Crippen LogP contribution in [-0.2, 0) is 6.54 Å². The molecule has 1 aliphatic heterocycles. The number of rotatable bonds is 5. The molecule has 1 aromatic carbocycles. The summed E-state index contributed by atoms with van der Waals surface area (Å²) in [4.78, 5) is 14.7. The van der Waals surface area contributed by atoms with Crippen LogP contribution in [0.25, 0.3) is 11.5 Å². The van der Waals surface area contributed by atoms with Gasteiger partial charge in [0.15, 0.2) is 11.5 Å². The van der Waals surface area contributed by atoms with Gasteiger partial charge in [-0.05, 0) is 31.7 Å². The first kappa shape index (κ1) is 16.5. The van der Waals surface area contributed by atoms with Crippen molar-refractivity contribution in [3.8, 4) is 23.0 Å². The summed E-state index contributed by atoms with van der Waals surface area (Å²) < 4.78 is 16.6. The Hall–Kier alpha value is -3.00. The van der Waals surface area contributed by atoms with Crippen molar-refractivity contribution in [2.45, 2.75) is 19.5 Å². The quantitative estimate of drug-likeness (QED) is 0.691. The highest BCUT2D eigenvalue weighted by Crippen LogP contribution is 2.34. The molecule has 0 bridgehead atoms. The molecule has 0 aliphatic carbocycles. The summed E-state index contributed by atoms with van der Waals surface area (Å²) in [6, 6.07) is 6.16. The smallest absolute Gasteiger partial charge is 0.241 e. The maximum absolute atomic E-state index is 5.67. The normalized spacial score (nSPS) is 14.4. The van der Waals surface area contributed by atoms with Crippen LogP contribution < -0.4 is 9.47 Å². The van der Waals surface area contributed by atoms with Crippen LogP contribution in [0.4, 0.5) is 0 Å². The minimum absolute atomic E-state index is 0.137. The van der Waals surface area contributed by atoms with Gasteiger partial charge in [-0.2, -0.15) is 4.98 Å². The Morgan fingerprint density at radius 2 is 2.00 bits per heavy atom. The Morgan fingerprint density at radius 1 is 1.15 bits per heavy atom. The largest absolute Gasteiger partial charge is 0.486 e. The lowest BCUT2D eigenvalue weighted by molar-refractivity contribution is 0.170. The van der Waals surface area contributed by atoms with Gasteiger partial charge in [0.25, 0.3) is 0 Å². The number of aromatic nitrogens is 4. The lowest BCUT2D eigenvalue weighted by atomic mass is 10.1. The van der Waals surface area contributed by atoms with Crippen LogP contribution in [-0.4, -0.2) is 45.3 Å². The third-order valence-corrected chi connectivity index (χ3v) is 4.35. The zero-order valence-electron chi connectivity index (χ0n) is 14.6. The SMILES string of the molecule is CC(c1ccc2c(c1)OCCO2)N(C)Cc1nc(-c2cnccn2)no1. The fraction of sp³-hybridized carbons (Fsp3) is 0.333. The van der Waals surface area contributed by atoms with Crippen molar-refractivity contribution < 1.29 is 14.0 Å². The van der Waals surface area contributed by atoms with E-state index >= 15 is 0 Å². The summed E-state index contributed by atoms with van der Waals surface area (Å²) in [6.07, 6.45) is 4.81. The Morgan fingerprint density at radius 3 is 2.81 bits per heavy atom. The minimum Gasteiger partial charge on any atom is -0.486 e. The molecule has 1 aliphatic rings. The van der Waals surface area contributed by atoms with Crippen molar-refractivity contribution in [2.75, 3.05) is 20.3 Å². The van der Waals surface area contributed by atoms with E-state index in [0.717, 1.165) is 17.1 Å². The molecule has 2 aromatic heterocycles. The van der Waals surface area contributed by atoms with E-state index in [4.69, 9.17) is 14.0 Å².